The van der Waals surface area contributed by atoms with Crippen LogP contribution in [-0.2, 0) is 13.1 Å². The van der Waals surface area contributed by atoms with Gasteiger partial charge in [0.1, 0.15) is 0 Å². The molecule has 0 radical (unpaired) electrons. The molecule has 1 aliphatic carbocycles. The normalized spacial score (nSPS) is 13.7. The summed E-state index contributed by atoms with van der Waals surface area (Å²) < 4.78 is 11.0. The van der Waals surface area contributed by atoms with Crippen molar-refractivity contribution in [2.24, 2.45) is 0 Å². The Morgan fingerprint density at radius 3 is 2.46 bits per heavy atom. The van der Waals surface area contributed by atoms with Crippen LogP contribution in [-0.4, -0.2) is 29.6 Å². The Kier molecular flexibility index (Phi) is 5.73. The van der Waals surface area contributed by atoms with Crippen LogP contribution >= 0.6 is 0 Å². The largest absolute Gasteiger partial charge is 0.493 e. The van der Waals surface area contributed by atoms with Gasteiger partial charge in [-0.1, -0.05) is 18.2 Å². The van der Waals surface area contributed by atoms with E-state index in [1.165, 1.54) is 18.9 Å². The van der Waals surface area contributed by atoms with E-state index >= 15 is 0 Å². The van der Waals surface area contributed by atoms with Gasteiger partial charge in [0.15, 0.2) is 11.5 Å². The lowest BCUT2D eigenvalue weighted by Crippen LogP contribution is -2.25. The summed E-state index contributed by atoms with van der Waals surface area (Å²) in [5, 5.41) is 11.0. The Bertz CT molecular complexity index is 774. The summed E-state index contributed by atoms with van der Waals surface area (Å²) in [6.07, 6.45) is 2.34. The molecule has 2 aromatic rings. The lowest BCUT2D eigenvalue weighted by atomic mass is 10.1. The molecule has 0 amide bonds. The average Bonchev–Trinajstić information content (AvgIpc) is 3.47. The zero-order valence-corrected chi connectivity index (χ0v) is 15.2. The van der Waals surface area contributed by atoms with Crippen LogP contribution in [0.15, 0.2) is 42.5 Å². The van der Waals surface area contributed by atoms with Gasteiger partial charge in [-0.15, -0.1) is 0 Å². The van der Waals surface area contributed by atoms with Crippen molar-refractivity contribution in [3.63, 3.8) is 0 Å². The fourth-order valence-corrected chi connectivity index (χ4v) is 3.08. The molecule has 0 aromatic heterocycles. The maximum Gasteiger partial charge on any atom is 0.269 e. The van der Waals surface area contributed by atoms with Crippen molar-refractivity contribution in [1.29, 1.82) is 0 Å². The number of nitro groups is 1. The number of rotatable bonds is 9. The van der Waals surface area contributed by atoms with Gasteiger partial charge in [-0.05, 0) is 43.0 Å². The summed E-state index contributed by atoms with van der Waals surface area (Å²) in [6, 6.07) is 13.4. The SMILES string of the molecule is CCOc1cc(CN(Cc2cccc([N+](=O)[O-])c2)C2CC2)ccc1OC. The number of hydrogen-bond acceptors (Lipinski definition) is 5. The van der Waals surface area contributed by atoms with Gasteiger partial charge in [0.05, 0.1) is 18.6 Å². The maximum atomic E-state index is 11.0. The molecule has 1 aliphatic rings. The fourth-order valence-electron chi connectivity index (χ4n) is 3.08. The Morgan fingerprint density at radius 1 is 1.12 bits per heavy atom. The predicted molar refractivity (Wildman–Crippen MR) is 99.5 cm³/mol. The highest BCUT2D eigenvalue weighted by molar-refractivity contribution is 5.43. The summed E-state index contributed by atoms with van der Waals surface area (Å²) in [4.78, 5) is 13.0. The van der Waals surface area contributed by atoms with E-state index in [1.807, 2.05) is 31.2 Å². The standard InChI is InChI=1S/C20H24N2O4/c1-3-26-20-12-16(7-10-19(20)25-2)14-21(17-8-9-17)13-15-5-4-6-18(11-15)22(23)24/h4-7,10-12,17H,3,8-9,13-14H2,1-2H3. The molecule has 138 valence electrons. The van der Waals surface area contributed by atoms with Crippen LogP contribution in [0.3, 0.4) is 0 Å². The molecule has 6 nitrogen and oxygen atoms in total. The Morgan fingerprint density at radius 2 is 1.85 bits per heavy atom. The van der Waals surface area contributed by atoms with Gasteiger partial charge in [-0.25, -0.2) is 0 Å². The van der Waals surface area contributed by atoms with E-state index in [-0.39, 0.29) is 10.6 Å². The molecule has 6 heteroatoms. The predicted octanol–water partition coefficient (Wildman–Crippen LogP) is 4.17. The van der Waals surface area contributed by atoms with Crippen LogP contribution in [0.4, 0.5) is 5.69 Å². The molecule has 3 rings (SSSR count). The molecule has 0 atom stereocenters. The van der Waals surface area contributed by atoms with Crippen molar-refractivity contribution in [2.75, 3.05) is 13.7 Å². The molecule has 0 aliphatic heterocycles. The summed E-state index contributed by atoms with van der Waals surface area (Å²) in [6.45, 7) is 4.00. The Hall–Kier alpha value is -2.60. The molecule has 2 aromatic carbocycles. The average molecular weight is 356 g/mol. The summed E-state index contributed by atoms with van der Waals surface area (Å²) in [5.41, 5.74) is 2.25. The molecular formula is C20H24N2O4. The van der Waals surface area contributed by atoms with Crippen LogP contribution in [0.2, 0.25) is 0 Å². The van der Waals surface area contributed by atoms with E-state index in [0.29, 0.717) is 19.2 Å². The van der Waals surface area contributed by atoms with E-state index < -0.39 is 0 Å². The van der Waals surface area contributed by atoms with E-state index in [0.717, 1.165) is 29.2 Å². The second-order valence-electron chi connectivity index (χ2n) is 6.48. The maximum absolute atomic E-state index is 11.0. The van der Waals surface area contributed by atoms with Gasteiger partial charge in [-0.2, -0.15) is 0 Å². The number of nitrogens with zero attached hydrogens (tertiary/aromatic N) is 2. The minimum atomic E-state index is -0.344. The first kappa shape index (κ1) is 18.2. The van der Waals surface area contributed by atoms with E-state index in [4.69, 9.17) is 9.47 Å². The van der Waals surface area contributed by atoms with E-state index in [2.05, 4.69) is 4.90 Å². The minimum absolute atomic E-state index is 0.140. The molecule has 0 heterocycles. The second-order valence-corrected chi connectivity index (χ2v) is 6.48. The monoisotopic (exact) mass is 356 g/mol. The van der Waals surface area contributed by atoms with Gasteiger partial charge >= 0.3 is 0 Å². The molecule has 1 saturated carbocycles. The summed E-state index contributed by atoms with van der Waals surface area (Å²) >= 11 is 0. The lowest BCUT2D eigenvalue weighted by Gasteiger charge is -2.23. The lowest BCUT2D eigenvalue weighted by molar-refractivity contribution is -0.384. The van der Waals surface area contributed by atoms with Crippen molar-refractivity contribution < 1.29 is 14.4 Å². The van der Waals surface area contributed by atoms with Gasteiger partial charge in [0.2, 0.25) is 0 Å². The number of benzene rings is 2. The third-order valence-electron chi connectivity index (χ3n) is 4.48. The second kappa shape index (κ2) is 8.19. The van der Waals surface area contributed by atoms with Gasteiger partial charge in [0.25, 0.3) is 5.69 Å². The molecular weight excluding hydrogens is 332 g/mol. The molecule has 0 spiro atoms. The third kappa shape index (κ3) is 4.52. The van der Waals surface area contributed by atoms with Crippen molar-refractivity contribution in [3.05, 3.63) is 63.7 Å². The first-order valence-electron chi connectivity index (χ1n) is 8.87. The zero-order chi connectivity index (χ0) is 18.5. The first-order chi connectivity index (χ1) is 12.6. The summed E-state index contributed by atoms with van der Waals surface area (Å²) in [7, 11) is 1.64. The van der Waals surface area contributed by atoms with Crippen molar-refractivity contribution >= 4 is 5.69 Å². The van der Waals surface area contributed by atoms with Crippen molar-refractivity contribution in [2.45, 2.75) is 38.9 Å². The first-order valence-corrected chi connectivity index (χ1v) is 8.87. The van der Waals surface area contributed by atoms with Crippen LogP contribution in [0.25, 0.3) is 0 Å². The van der Waals surface area contributed by atoms with Gasteiger partial charge < -0.3 is 9.47 Å². The molecule has 26 heavy (non-hydrogen) atoms. The topological polar surface area (TPSA) is 64.8 Å². The molecule has 0 unspecified atom stereocenters. The zero-order valence-electron chi connectivity index (χ0n) is 15.2. The highest BCUT2D eigenvalue weighted by Crippen LogP contribution is 2.33. The fraction of sp³-hybridized carbons (Fsp3) is 0.400. The summed E-state index contributed by atoms with van der Waals surface area (Å²) in [5.74, 6) is 1.48. The Labute approximate surface area is 153 Å². The smallest absolute Gasteiger partial charge is 0.269 e. The molecule has 1 fully saturated rings. The quantitative estimate of drug-likeness (QED) is 0.498. The minimum Gasteiger partial charge on any atom is -0.493 e. The molecule has 0 saturated heterocycles. The number of methoxy groups -OCH3 is 1. The number of hydrogen-bond donors (Lipinski definition) is 0. The highest BCUT2D eigenvalue weighted by atomic mass is 16.6. The van der Waals surface area contributed by atoms with Gasteiger partial charge in [0, 0.05) is 31.3 Å². The highest BCUT2D eigenvalue weighted by Gasteiger charge is 2.29. The number of non-ortho nitro benzene ring substituents is 1. The van der Waals surface area contributed by atoms with Crippen LogP contribution < -0.4 is 9.47 Å². The van der Waals surface area contributed by atoms with Crippen LogP contribution in [0, 0.1) is 10.1 Å². The van der Waals surface area contributed by atoms with Gasteiger partial charge in [-0.3, -0.25) is 15.0 Å². The Balaban J connectivity index is 1.76. The number of ether oxygens (including phenoxy) is 2. The van der Waals surface area contributed by atoms with Crippen molar-refractivity contribution in [3.8, 4) is 11.5 Å². The molecule has 0 N–H and O–H groups in total. The van der Waals surface area contributed by atoms with Crippen LogP contribution in [0.5, 0.6) is 11.5 Å². The third-order valence-corrected chi connectivity index (χ3v) is 4.48. The van der Waals surface area contributed by atoms with E-state index in [9.17, 15) is 10.1 Å². The molecule has 0 bridgehead atoms. The van der Waals surface area contributed by atoms with Crippen molar-refractivity contribution in [1.82, 2.24) is 4.90 Å². The number of nitro benzene ring substituents is 1. The van der Waals surface area contributed by atoms with E-state index in [1.54, 1.807) is 19.2 Å². The van der Waals surface area contributed by atoms with Crippen LogP contribution in [0.1, 0.15) is 30.9 Å².